The van der Waals surface area contributed by atoms with E-state index in [0.29, 0.717) is 6.61 Å². The summed E-state index contributed by atoms with van der Waals surface area (Å²) in [5, 5.41) is 0. The molecule has 3 nitrogen and oxygen atoms in total. The van der Waals surface area contributed by atoms with Crippen LogP contribution in [0.3, 0.4) is 0 Å². The molecule has 0 aliphatic carbocycles. The Hall–Kier alpha value is 0.160. The van der Waals surface area contributed by atoms with Crippen LogP contribution in [0.25, 0.3) is 0 Å². The molecule has 0 bridgehead atoms. The summed E-state index contributed by atoms with van der Waals surface area (Å²) in [5.74, 6) is -0.164. The molecule has 0 N–H and O–H groups in total. The molecule has 13 heavy (non-hydrogen) atoms. The highest BCUT2D eigenvalue weighted by atomic mass is 127. The van der Waals surface area contributed by atoms with Gasteiger partial charge in [0.2, 0.25) is 0 Å². The molecule has 2 unspecified atom stereocenters. The van der Waals surface area contributed by atoms with Gasteiger partial charge >= 0.3 is 5.97 Å². The third-order valence-corrected chi connectivity index (χ3v) is 3.34. The van der Waals surface area contributed by atoms with Crippen molar-refractivity contribution in [1.29, 1.82) is 0 Å². The highest BCUT2D eigenvalue weighted by Crippen LogP contribution is 2.32. The number of ether oxygens (including phenoxy) is 2. The lowest BCUT2D eigenvalue weighted by atomic mass is 10.0. The van der Waals surface area contributed by atoms with Crippen LogP contribution in [-0.2, 0) is 14.3 Å². The highest BCUT2D eigenvalue weighted by Gasteiger charge is 2.42. The molecule has 0 aromatic carbocycles. The fraction of sp³-hybridized carbons (Fsp3) is 0.889. The summed E-state index contributed by atoms with van der Waals surface area (Å²) in [4.78, 5) is 11.5. The Morgan fingerprint density at radius 1 is 1.77 bits per heavy atom. The second-order valence-corrected chi connectivity index (χ2v) is 5.54. The number of halogens is 1. The van der Waals surface area contributed by atoms with Crippen LogP contribution in [0.4, 0.5) is 0 Å². The fourth-order valence-electron chi connectivity index (χ4n) is 1.41. The zero-order chi connectivity index (χ0) is 9.90. The summed E-state index contributed by atoms with van der Waals surface area (Å²) in [5.41, 5.74) is 0. The smallest absolute Gasteiger partial charge is 0.324 e. The molecule has 0 aromatic heterocycles. The molecule has 76 valence electrons. The SMILES string of the molecule is CCOC(=O)C(C)(I)C1CCCO1. The molecule has 2 atom stereocenters. The minimum Gasteiger partial charge on any atom is -0.465 e. The van der Waals surface area contributed by atoms with E-state index in [4.69, 9.17) is 9.47 Å². The van der Waals surface area contributed by atoms with E-state index in [0.717, 1.165) is 19.4 Å². The lowest BCUT2D eigenvalue weighted by Gasteiger charge is -2.26. The van der Waals surface area contributed by atoms with E-state index in [1.165, 1.54) is 0 Å². The first-order chi connectivity index (χ1) is 6.09. The molecule has 1 aliphatic rings. The third-order valence-electron chi connectivity index (χ3n) is 2.21. The Kier molecular flexibility index (Phi) is 3.97. The van der Waals surface area contributed by atoms with Crippen molar-refractivity contribution in [3.05, 3.63) is 0 Å². The standard InChI is InChI=1S/C9H15IO3/c1-3-12-8(11)9(2,10)7-5-4-6-13-7/h7H,3-6H2,1-2H3. The van der Waals surface area contributed by atoms with Gasteiger partial charge in [-0.1, -0.05) is 22.6 Å². The van der Waals surface area contributed by atoms with E-state index in [-0.39, 0.29) is 12.1 Å². The van der Waals surface area contributed by atoms with Crippen molar-refractivity contribution >= 4 is 28.6 Å². The van der Waals surface area contributed by atoms with Crippen molar-refractivity contribution in [2.75, 3.05) is 13.2 Å². The molecule has 0 saturated carbocycles. The van der Waals surface area contributed by atoms with E-state index in [1.54, 1.807) is 0 Å². The van der Waals surface area contributed by atoms with Gasteiger partial charge in [0.25, 0.3) is 0 Å². The normalized spacial score (nSPS) is 26.8. The number of hydrogen-bond donors (Lipinski definition) is 0. The zero-order valence-electron chi connectivity index (χ0n) is 8.01. The molecule has 1 fully saturated rings. The molecule has 1 rings (SSSR count). The van der Waals surface area contributed by atoms with Crippen LogP contribution >= 0.6 is 22.6 Å². The summed E-state index contributed by atoms with van der Waals surface area (Å²) >= 11 is 2.13. The van der Waals surface area contributed by atoms with Gasteiger partial charge in [0, 0.05) is 6.61 Å². The maximum absolute atomic E-state index is 11.5. The number of carbonyl (C=O) groups is 1. The van der Waals surface area contributed by atoms with Crippen molar-refractivity contribution in [3.63, 3.8) is 0 Å². The lowest BCUT2D eigenvalue weighted by molar-refractivity contribution is -0.148. The van der Waals surface area contributed by atoms with Crippen LogP contribution in [0, 0.1) is 0 Å². The first-order valence-corrected chi connectivity index (χ1v) is 5.64. The van der Waals surface area contributed by atoms with Crippen LogP contribution in [0.5, 0.6) is 0 Å². The van der Waals surface area contributed by atoms with Gasteiger partial charge in [-0.05, 0) is 26.7 Å². The molecule has 1 heterocycles. The monoisotopic (exact) mass is 298 g/mol. The summed E-state index contributed by atoms with van der Waals surface area (Å²) in [7, 11) is 0. The van der Waals surface area contributed by atoms with Crippen LogP contribution < -0.4 is 0 Å². The van der Waals surface area contributed by atoms with E-state index in [1.807, 2.05) is 13.8 Å². The zero-order valence-corrected chi connectivity index (χ0v) is 10.2. The molecular formula is C9H15IO3. The topological polar surface area (TPSA) is 35.5 Å². The van der Waals surface area contributed by atoms with Gasteiger partial charge in [0.05, 0.1) is 12.7 Å². The van der Waals surface area contributed by atoms with E-state index < -0.39 is 3.42 Å². The van der Waals surface area contributed by atoms with Gasteiger partial charge in [0.15, 0.2) is 0 Å². The minimum absolute atomic E-state index is 0.0205. The second kappa shape index (κ2) is 4.59. The van der Waals surface area contributed by atoms with Crippen LogP contribution in [0.2, 0.25) is 0 Å². The Morgan fingerprint density at radius 3 is 2.92 bits per heavy atom. The van der Waals surface area contributed by atoms with Gasteiger partial charge < -0.3 is 9.47 Å². The largest absolute Gasteiger partial charge is 0.465 e. The highest BCUT2D eigenvalue weighted by molar-refractivity contribution is 14.1. The maximum Gasteiger partial charge on any atom is 0.324 e. The molecule has 1 aliphatic heterocycles. The van der Waals surface area contributed by atoms with E-state index >= 15 is 0 Å². The Bertz CT molecular complexity index is 185. The molecule has 1 saturated heterocycles. The lowest BCUT2D eigenvalue weighted by Crippen LogP contribution is -2.41. The van der Waals surface area contributed by atoms with Crippen molar-refractivity contribution in [2.24, 2.45) is 0 Å². The summed E-state index contributed by atoms with van der Waals surface area (Å²) in [6.07, 6.45) is 2.02. The van der Waals surface area contributed by atoms with Gasteiger partial charge in [-0.15, -0.1) is 0 Å². The number of carbonyl (C=O) groups excluding carboxylic acids is 1. The van der Waals surface area contributed by atoms with E-state index in [2.05, 4.69) is 22.6 Å². The van der Waals surface area contributed by atoms with Crippen LogP contribution in [0.15, 0.2) is 0 Å². The summed E-state index contributed by atoms with van der Waals surface area (Å²) in [6, 6.07) is 0. The third kappa shape index (κ3) is 2.56. The van der Waals surface area contributed by atoms with Crippen LogP contribution in [0.1, 0.15) is 26.7 Å². The maximum atomic E-state index is 11.5. The van der Waals surface area contributed by atoms with Gasteiger partial charge in [-0.2, -0.15) is 0 Å². The van der Waals surface area contributed by atoms with Gasteiger partial charge in [-0.25, -0.2) is 0 Å². The fourth-order valence-corrected chi connectivity index (χ4v) is 2.06. The predicted octanol–water partition coefficient (Wildman–Crippen LogP) is 1.92. The van der Waals surface area contributed by atoms with Crippen molar-refractivity contribution in [2.45, 2.75) is 36.2 Å². The second-order valence-electron chi connectivity index (χ2n) is 3.30. The van der Waals surface area contributed by atoms with Crippen molar-refractivity contribution in [1.82, 2.24) is 0 Å². The average molecular weight is 298 g/mol. The van der Waals surface area contributed by atoms with Gasteiger partial charge in [0.1, 0.15) is 3.42 Å². The number of hydrogen-bond acceptors (Lipinski definition) is 3. The predicted molar refractivity (Wildman–Crippen MR) is 58.0 cm³/mol. The molecule has 4 heteroatoms. The van der Waals surface area contributed by atoms with Crippen molar-refractivity contribution < 1.29 is 14.3 Å². The first-order valence-electron chi connectivity index (χ1n) is 4.56. The van der Waals surface area contributed by atoms with Gasteiger partial charge in [-0.3, -0.25) is 4.79 Å². The average Bonchev–Trinajstić information content (AvgIpc) is 2.56. The number of rotatable bonds is 3. The molecule has 0 amide bonds. The Labute approximate surface area is 92.3 Å². The Morgan fingerprint density at radius 2 is 2.46 bits per heavy atom. The number of alkyl halides is 1. The first kappa shape index (κ1) is 11.2. The molecule has 0 radical (unpaired) electrons. The minimum atomic E-state index is -0.524. The number of esters is 1. The summed E-state index contributed by atoms with van der Waals surface area (Å²) < 4.78 is 9.95. The molecule has 0 spiro atoms. The van der Waals surface area contributed by atoms with Crippen molar-refractivity contribution in [3.8, 4) is 0 Å². The van der Waals surface area contributed by atoms with E-state index in [9.17, 15) is 4.79 Å². The Balaban J connectivity index is 2.57. The molecule has 0 aromatic rings. The molecular weight excluding hydrogens is 283 g/mol. The quantitative estimate of drug-likeness (QED) is 0.454. The van der Waals surface area contributed by atoms with Crippen LogP contribution in [-0.4, -0.2) is 28.7 Å². The summed E-state index contributed by atoms with van der Waals surface area (Å²) in [6.45, 7) is 4.90.